The van der Waals surface area contributed by atoms with Gasteiger partial charge in [-0.05, 0) is 74.4 Å². The first-order valence-electron chi connectivity index (χ1n) is 9.01. The summed E-state index contributed by atoms with van der Waals surface area (Å²) in [4.78, 5) is 0. The van der Waals surface area contributed by atoms with Crippen LogP contribution in [-0.2, 0) is 0 Å². The van der Waals surface area contributed by atoms with Gasteiger partial charge in [0, 0.05) is 5.56 Å². The van der Waals surface area contributed by atoms with Crippen LogP contribution in [0.4, 0.5) is 0 Å². The second-order valence-corrected chi connectivity index (χ2v) is 6.85. The van der Waals surface area contributed by atoms with E-state index in [0.717, 1.165) is 30.8 Å². The van der Waals surface area contributed by atoms with E-state index >= 15 is 0 Å². The summed E-state index contributed by atoms with van der Waals surface area (Å²) in [7, 11) is 0. The first kappa shape index (κ1) is 18.9. The Bertz CT molecular complexity index is 710. The number of terminal acetylenes is 1. The second-order valence-electron chi connectivity index (χ2n) is 6.85. The second kappa shape index (κ2) is 9.74. The van der Waals surface area contributed by atoms with Crippen LogP contribution in [0.25, 0.3) is 11.1 Å². The summed E-state index contributed by atoms with van der Waals surface area (Å²) >= 11 is 0. The smallest absolute Gasteiger partial charge is 0.119 e. The molecule has 0 spiro atoms. The third kappa shape index (κ3) is 6.51. The molecule has 130 valence electrons. The highest BCUT2D eigenvalue weighted by molar-refractivity contribution is 5.65. The lowest BCUT2D eigenvalue weighted by Gasteiger charge is -2.12. The van der Waals surface area contributed by atoms with Crippen LogP contribution in [0.1, 0.15) is 45.6 Å². The summed E-state index contributed by atoms with van der Waals surface area (Å²) in [6.45, 7) is 7.37. The SMILES string of the molecule is C#Cc1ccc(-c2ccc(OCC[C@@H](C)CCC=C(C)C)cc2)cc1. The fourth-order valence-electron chi connectivity index (χ4n) is 2.68. The molecule has 2 rings (SSSR count). The van der Waals surface area contributed by atoms with Crippen molar-refractivity contribution < 1.29 is 4.74 Å². The standard InChI is InChI=1S/C24H28O/c1-5-21-9-11-22(12-10-21)23-13-15-24(16-14-23)25-18-17-20(4)8-6-7-19(2)3/h1,7,9-16,20H,6,8,17-18H2,2-4H3/t20-/m0/s1. The van der Waals surface area contributed by atoms with Crippen LogP contribution in [0.5, 0.6) is 5.75 Å². The number of allylic oxidation sites excluding steroid dienone is 2. The van der Waals surface area contributed by atoms with Crippen molar-refractivity contribution in [3.05, 3.63) is 65.7 Å². The minimum Gasteiger partial charge on any atom is -0.494 e. The molecule has 0 aliphatic rings. The molecule has 0 bridgehead atoms. The Morgan fingerprint density at radius 1 is 1.00 bits per heavy atom. The van der Waals surface area contributed by atoms with Crippen LogP contribution in [0, 0.1) is 18.3 Å². The van der Waals surface area contributed by atoms with Gasteiger partial charge >= 0.3 is 0 Å². The molecule has 2 aromatic rings. The predicted molar refractivity (Wildman–Crippen MR) is 108 cm³/mol. The Morgan fingerprint density at radius 3 is 2.16 bits per heavy atom. The Balaban J connectivity index is 1.80. The molecule has 0 aliphatic carbocycles. The van der Waals surface area contributed by atoms with Gasteiger partial charge in [0.1, 0.15) is 5.75 Å². The largest absolute Gasteiger partial charge is 0.494 e. The van der Waals surface area contributed by atoms with Crippen molar-refractivity contribution in [3.63, 3.8) is 0 Å². The zero-order valence-electron chi connectivity index (χ0n) is 15.6. The van der Waals surface area contributed by atoms with Crippen LogP contribution in [0.15, 0.2) is 60.2 Å². The lowest BCUT2D eigenvalue weighted by Crippen LogP contribution is -2.04. The molecule has 2 aromatic carbocycles. The van der Waals surface area contributed by atoms with Gasteiger partial charge in [0.05, 0.1) is 6.61 Å². The van der Waals surface area contributed by atoms with E-state index in [0.29, 0.717) is 5.92 Å². The van der Waals surface area contributed by atoms with Crippen molar-refractivity contribution in [1.29, 1.82) is 0 Å². The minimum atomic E-state index is 0.685. The van der Waals surface area contributed by atoms with Crippen molar-refractivity contribution in [2.45, 2.75) is 40.0 Å². The van der Waals surface area contributed by atoms with E-state index in [1.54, 1.807) is 0 Å². The third-order valence-corrected chi connectivity index (χ3v) is 4.33. The van der Waals surface area contributed by atoms with Gasteiger partial charge in [0.25, 0.3) is 0 Å². The van der Waals surface area contributed by atoms with E-state index in [1.165, 1.54) is 23.1 Å². The van der Waals surface area contributed by atoms with Crippen molar-refractivity contribution >= 4 is 0 Å². The number of rotatable bonds is 8. The van der Waals surface area contributed by atoms with E-state index < -0.39 is 0 Å². The van der Waals surface area contributed by atoms with Gasteiger partial charge < -0.3 is 4.74 Å². The van der Waals surface area contributed by atoms with Crippen LogP contribution in [-0.4, -0.2) is 6.61 Å². The monoisotopic (exact) mass is 332 g/mol. The van der Waals surface area contributed by atoms with Crippen molar-refractivity contribution in [2.75, 3.05) is 6.61 Å². The summed E-state index contributed by atoms with van der Waals surface area (Å²) in [5.74, 6) is 4.26. The molecule has 0 unspecified atom stereocenters. The predicted octanol–water partition coefficient (Wildman–Crippen LogP) is 6.49. The first-order valence-corrected chi connectivity index (χ1v) is 9.01. The normalized spacial score (nSPS) is 11.4. The third-order valence-electron chi connectivity index (χ3n) is 4.33. The van der Waals surface area contributed by atoms with Gasteiger partial charge in [-0.15, -0.1) is 6.42 Å². The van der Waals surface area contributed by atoms with E-state index in [-0.39, 0.29) is 0 Å². The van der Waals surface area contributed by atoms with E-state index in [4.69, 9.17) is 11.2 Å². The van der Waals surface area contributed by atoms with Crippen LogP contribution in [0.3, 0.4) is 0 Å². The lowest BCUT2D eigenvalue weighted by molar-refractivity contribution is 0.279. The highest BCUT2D eigenvalue weighted by atomic mass is 16.5. The molecule has 0 aromatic heterocycles. The summed E-state index contributed by atoms with van der Waals surface area (Å²) in [5, 5.41) is 0. The topological polar surface area (TPSA) is 9.23 Å². The quantitative estimate of drug-likeness (QED) is 0.397. The van der Waals surface area contributed by atoms with Gasteiger partial charge in [0.15, 0.2) is 0 Å². The highest BCUT2D eigenvalue weighted by Crippen LogP contribution is 2.23. The number of ether oxygens (including phenoxy) is 1. The van der Waals surface area contributed by atoms with Crippen LogP contribution in [0.2, 0.25) is 0 Å². The van der Waals surface area contributed by atoms with Crippen molar-refractivity contribution in [2.24, 2.45) is 5.92 Å². The lowest BCUT2D eigenvalue weighted by atomic mass is 10.0. The molecular weight excluding hydrogens is 304 g/mol. The molecule has 0 aliphatic heterocycles. The molecule has 0 heterocycles. The fourth-order valence-corrected chi connectivity index (χ4v) is 2.68. The molecule has 1 nitrogen and oxygen atoms in total. The molecule has 0 amide bonds. The fraction of sp³-hybridized carbons (Fsp3) is 0.333. The summed E-state index contributed by atoms with van der Waals surface area (Å²) in [6, 6.07) is 16.3. The van der Waals surface area contributed by atoms with E-state index in [9.17, 15) is 0 Å². The van der Waals surface area contributed by atoms with Gasteiger partial charge in [-0.3, -0.25) is 0 Å². The van der Waals surface area contributed by atoms with Crippen molar-refractivity contribution in [3.8, 4) is 29.2 Å². The van der Waals surface area contributed by atoms with Gasteiger partial charge in [0.2, 0.25) is 0 Å². The Labute approximate surface area is 152 Å². The molecule has 25 heavy (non-hydrogen) atoms. The van der Waals surface area contributed by atoms with E-state index in [1.807, 2.05) is 24.3 Å². The maximum absolute atomic E-state index is 5.89. The Kier molecular flexibility index (Phi) is 7.36. The van der Waals surface area contributed by atoms with Crippen LogP contribution < -0.4 is 4.74 Å². The molecule has 0 N–H and O–H groups in total. The highest BCUT2D eigenvalue weighted by Gasteiger charge is 2.03. The average molecular weight is 332 g/mol. The van der Waals surface area contributed by atoms with Gasteiger partial charge in [-0.25, -0.2) is 0 Å². The maximum Gasteiger partial charge on any atom is 0.119 e. The number of hydrogen-bond donors (Lipinski definition) is 0. The first-order chi connectivity index (χ1) is 12.1. The zero-order chi connectivity index (χ0) is 18.1. The van der Waals surface area contributed by atoms with Gasteiger partial charge in [-0.1, -0.05) is 48.8 Å². The number of hydrogen-bond acceptors (Lipinski definition) is 1. The maximum atomic E-state index is 5.89. The molecular formula is C24H28O. The van der Waals surface area contributed by atoms with Crippen molar-refractivity contribution in [1.82, 2.24) is 0 Å². The summed E-state index contributed by atoms with van der Waals surface area (Å²) < 4.78 is 5.89. The molecule has 0 fully saturated rings. The molecule has 0 radical (unpaired) electrons. The Hall–Kier alpha value is -2.46. The molecule has 0 saturated heterocycles. The van der Waals surface area contributed by atoms with Crippen LogP contribution >= 0.6 is 0 Å². The minimum absolute atomic E-state index is 0.685. The number of benzene rings is 2. The summed E-state index contributed by atoms with van der Waals surface area (Å²) in [6.07, 6.45) is 11.2. The summed E-state index contributed by atoms with van der Waals surface area (Å²) in [5.41, 5.74) is 4.64. The zero-order valence-corrected chi connectivity index (χ0v) is 15.6. The Morgan fingerprint density at radius 2 is 1.60 bits per heavy atom. The van der Waals surface area contributed by atoms with E-state index in [2.05, 4.69) is 57.0 Å². The average Bonchev–Trinajstić information content (AvgIpc) is 2.62. The molecule has 0 saturated carbocycles. The van der Waals surface area contributed by atoms with Gasteiger partial charge in [-0.2, -0.15) is 0 Å². The molecule has 1 atom stereocenters. The molecule has 1 heteroatoms.